The molecule has 0 bridgehead atoms. The van der Waals surface area contributed by atoms with Crippen molar-refractivity contribution in [2.24, 2.45) is 0 Å². The zero-order valence-corrected chi connectivity index (χ0v) is 29.7. The molecule has 0 spiro atoms. The number of nitrogens with zero attached hydrogens (tertiary/aromatic N) is 1. The molecule has 0 aromatic heterocycles. The third kappa shape index (κ3) is 8.77. The van der Waals surface area contributed by atoms with Crippen molar-refractivity contribution in [2.45, 2.75) is 64.2 Å². The van der Waals surface area contributed by atoms with E-state index in [1.54, 1.807) is 0 Å². The van der Waals surface area contributed by atoms with Crippen LogP contribution in [0.5, 0.6) is 11.5 Å². The number of rotatable bonds is 10. The van der Waals surface area contributed by atoms with Gasteiger partial charge in [0.15, 0.2) is 0 Å². The van der Waals surface area contributed by atoms with Crippen molar-refractivity contribution >= 4 is 23.2 Å². The first kappa shape index (κ1) is 35.2. The van der Waals surface area contributed by atoms with Gasteiger partial charge in [0.2, 0.25) is 0 Å². The summed E-state index contributed by atoms with van der Waals surface area (Å²) in [6.45, 7) is 4.00. The molecule has 0 radical (unpaired) electrons. The highest BCUT2D eigenvalue weighted by Crippen LogP contribution is 2.45. The highest BCUT2D eigenvalue weighted by Gasteiger charge is 2.35. The van der Waals surface area contributed by atoms with Crippen molar-refractivity contribution in [1.82, 2.24) is 0 Å². The van der Waals surface area contributed by atoms with Gasteiger partial charge >= 0.3 is 6.16 Å². The summed E-state index contributed by atoms with van der Waals surface area (Å²) in [4.78, 5) is 14.9. The van der Waals surface area contributed by atoms with Gasteiger partial charge < -0.3 is 14.4 Å². The smallest absolute Gasteiger partial charge is 0.395 e. The van der Waals surface area contributed by atoms with Gasteiger partial charge in [-0.3, -0.25) is 0 Å². The van der Waals surface area contributed by atoms with Crippen molar-refractivity contribution in [1.29, 1.82) is 0 Å². The Balaban J connectivity index is 0.00000220. The first-order chi connectivity index (χ1) is 25.2. The van der Waals surface area contributed by atoms with Crippen molar-refractivity contribution < 1.29 is 14.3 Å². The fourth-order valence-corrected chi connectivity index (χ4v) is 7.14. The van der Waals surface area contributed by atoms with E-state index in [0.717, 1.165) is 42.7 Å². The van der Waals surface area contributed by atoms with Gasteiger partial charge in [-0.1, -0.05) is 136 Å². The number of benzene rings is 6. The van der Waals surface area contributed by atoms with Gasteiger partial charge in [0.25, 0.3) is 0 Å². The Labute approximate surface area is 303 Å². The van der Waals surface area contributed by atoms with E-state index >= 15 is 0 Å². The standard InChI is InChI=1S/C45H41NO3.C2H6/c47-44(49-43-31-25-38(26-32-43)45(33-11-4-12-34-45)37-13-5-1-6-14-37)48-42-29-23-36(24-30-42)20-19-35-21-27-41(28-22-35)46(39-15-7-2-8-16-39)40-17-9-3-10-18-40;1-2/h1-3,5-10,13-18,21-32H,4,11-12,19-20,33-34H2;1-2H3. The van der Waals surface area contributed by atoms with Gasteiger partial charge in [0, 0.05) is 22.5 Å². The van der Waals surface area contributed by atoms with Crippen molar-refractivity contribution in [2.75, 3.05) is 4.90 Å². The maximum Gasteiger partial charge on any atom is 0.519 e. The third-order valence-electron chi connectivity index (χ3n) is 9.69. The highest BCUT2D eigenvalue weighted by atomic mass is 16.7. The molecule has 7 rings (SSSR count). The molecule has 6 aromatic rings. The average molecular weight is 674 g/mol. The van der Waals surface area contributed by atoms with E-state index in [4.69, 9.17) is 9.47 Å². The molecule has 1 saturated carbocycles. The van der Waals surface area contributed by atoms with Gasteiger partial charge in [-0.15, -0.1) is 0 Å². The molecule has 6 aromatic carbocycles. The second-order valence-corrected chi connectivity index (χ2v) is 12.8. The number of hydrogen-bond acceptors (Lipinski definition) is 4. The van der Waals surface area contributed by atoms with Gasteiger partial charge in [-0.25, -0.2) is 4.79 Å². The number of aryl methyl sites for hydroxylation is 2. The van der Waals surface area contributed by atoms with E-state index in [9.17, 15) is 4.79 Å². The summed E-state index contributed by atoms with van der Waals surface area (Å²) in [7, 11) is 0. The number of ether oxygens (including phenoxy) is 2. The number of carbonyl (C=O) groups excluding carboxylic acids is 1. The fraction of sp³-hybridized carbons (Fsp3) is 0.213. The van der Waals surface area contributed by atoms with Crippen LogP contribution in [0.2, 0.25) is 0 Å². The highest BCUT2D eigenvalue weighted by molar-refractivity contribution is 5.76. The molecule has 0 unspecified atom stereocenters. The van der Waals surface area contributed by atoms with Crippen LogP contribution in [0.1, 0.15) is 68.2 Å². The van der Waals surface area contributed by atoms with Crippen LogP contribution in [0.25, 0.3) is 0 Å². The van der Waals surface area contributed by atoms with Crippen LogP contribution in [0, 0.1) is 0 Å². The van der Waals surface area contributed by atoms with Crippen molar-refractivity contribution in [3.63, 3.8) is 0 Å². The molecular formula is C47H47NO3. The average Bonchev–Trinajstić information content (AvgIpc) is 3.21. The van der Waals surface area contributed by atoms with Crippen LogP contribution in [-0.2, 0) is 18.3 Å². The number of carbonyl (C=O) groups is 1. The lowest BCUT2D eigenvalue weighted by Crippen LogP contribution is -2.30. The predicted octanol–water partition coefficient (Wildman–Crippen LogP) is 12.8. The Kier molecular flexibility index (Phi) is 12.0. The summed E-state index contributed by atoms with van der Waals surface area (Å²) in [5.41, 5.74) is 8.43. The lowest BCUT2D eigenvalue weighted by Gasteiger charge is -2.38. The molecule has 4 heteroatoms. The van der Waals surface area contributed by atoms with Gasteiger partial charge in [-0.2, -0.15) is 0 Å². The zero-order chi connectivity index (χ0) is 35.3. The maximum atomic E-state index is 12.7. The Morgan fingerprint density at radius 1 is 0.490 bits per heavy atom. The summed E-state index contributed by atoms with van der Waals surface area (Å²) >= 11 is 0. The first-order valence-corrected chi connectivity index (χ1v) is 18.3. The van der Waals surface area contributed by atoms with Crippen LogP contribution in [-0.4, -0.2) is 6.16 Å². The van der Waals surface area contributed by atoms with Gasteiger partial charge in [0.05, 0.1) is 0 Å². The Hall–Kier alpha value is -5.61. The fourth-order valence-electron chi connectivity index (χ4n) is 7.14. The van der Waals surface area contributed by atoms with Crippen LogP contribution in [0.3, 0.4) is 0 Å². The molecule has 1 fully saturated rings. The minimum atomic E-state index is -0.740. The molecule has 4 nitrogen and oxygen atoms in total. The minimum Gasteiger partial charge on any atom is -0.395 e. The summed E-state index contributed by atoms with van der Waals surface area (Å²) in [5.74, 6) is 0.938. The van der Waals surface area contributed by atoms with Crippen molar-refractivity contribution in [3.05, 3.63) is 186 Å². The summed E-state index contributed by atoms with van der Waals surface area (Å²) in [6, 6.07) is 56.0. The van der Waals surface area contributed by atoms with Gasteiger partial charge in [0.1, 0.15) is 11.5 Å². The molecule has 1 aliphatic carbocycles. The molecule has 258 valence electrons. The van der Waals surface area contributed by atoms with Crippen LogP contribution < -0.4 is 14.4 Å². The topological polar surface area (TPSA) is 38.8 Å². The Morgan fingerprint density at radius 3 is 1.37 bits per heavy atom. The summed E-state index contributed by atoms with van der Waals surface area (Å²) in [5, 5.41) is 0. The van der Waals surface area contributed by atoms with Crippen LogP contribution >= 0.6 is 0 Å². The molecule has 0 N–H and O–H groups in total. The van der Waals surface area contributed by atoms with Crippen LogP contribution in [0.15, 0.2) is 164 Å². The second kappa shape index (κ2) is 17.4. The van der Waals surface area contributed by atoms with E-state index in [1.165, 1.54) is 41.5 Å². The van der Waals surface area contributed by atoms with Crippen molar-refractivity contribution in [3.8, 4) is 11.5 Å². The zero-order valence-electron chi connectivity index (χ0n) is 29.7. The molecule has 1 aliphatic rings. The quantitative estimate of drug-likeness (QED) is 0.107. The maximum absolute atomic E-state index is 12.7. The first-order valence-electron chi connectivity index (χ1n) is 18.3. The van der Waals surface area contributed by atoms with Crippen LogP contribution in [0.4, 0.5) is 21.9 Å². The SMILES string of the molecule is CC.O=C(Oc1ccc(CCc2ccc(N(c3ccccc3)c3ccccc3)cc2)cc1)Oc1ccc(C2(c3ccccc3)CCCCC2)cc1. The molecule has 51 heavy (non-hydrogen) atoms. The van der Waals surface area contributed by atoms with E-state index in [-0.39, 0.29) is 5.41 Å². The molecule has 0 atom stereocenters. The van der Waals surface area contributed by atoms with Gasteiger partial charge in [-0.05, 0) is 109 Å². The summed E-state index contributed by atoms with van der Waals surface area (Å²) in [6.07, 6.45) is 7.01. The molecule has 0 amide bonds. The molecule has 0 saturated heterocycles. The second-order valence-electron chi connectivity index (χ2n) is 12.8. The lowest BCUT2D eigenvalue weighted by atomic mass is 9.65. The predicted molar refractivity (Wildman–Crippen MR) is 210 cm³/mol. The molecule has 0 aliphatic heterocycles. The summed E-state index contributed by atoms with van der Waals surface area (Å²) < 4.78 is 11.1. The monoisotopic (exact) mass is 673 g/mol. The number of hydrogen-bond donors (Lipinski definition) is 0. The number of para-hydroxylation sites is 2. The minimum absolute atomic E-state index is 0.00961. The Morgan fingerprint density at radius 2 is 0.882 bits per heavy atom. The van der Waals surface area contributed by atoms with E-state index < -0.39 is 6.16 Å². The lowest BCUT2D eigenvalue weighted by molar-refractivity contribution is 0.152. The number of anilines is 3. The largest absolute Gasteiger partial charge is 0.519 e. The van der Waals surface area contributed by atoms with E-state index in [0.29, 0.717) is 11.5 Å². The Bertz CT molecular complexity index is 1880. The molecule has 0 heterocycles. The van der Waals surface area contributed by atoms with E-state index in [2.05, 4.69) is 120 Å². The third-order valence-corrected chi connectivity index (χ3v) is 9.69. The van der Waals surface area contributed by atoms with E-state index in [1.807, 2.05) is 62.4 Å². The normalized spacial score (nSPS) is 13.3. The molecular weight excluding hydrogens is 627 g/mol.